The zero-order chi connectivity index (χ0) is 23.5. The number of hydrogen-bond donors (Lipinski definition) is 1. The first kappa shape index (κ1) is 21.8. The summed E-state index contributed by atoms with van der Waals surface area (Å²) in [6.07, 6.45) is -0.00710. The molecule has 2 amide bonds. The summed E-state index contributed by atoms with van der Waals surface area (Å²) in [5, 5.41) is 12.0. The highest BCUT2D eigenvalue weighted by molar-refractivity contribution is 6.46. The van der Waals surface area contributed by atoms with Gasteiger partial charge in [-0.3, -0.25) is 9.59 Å². The number of nitriles is 1. The third-order valence-corrected chi connectivity index (χ3v) is 4.97. The monoisotopic (exact) mass is 441 g/mol. The second-order valence-electron chi connectivity index (χ2n) is 7.68. The number of amides is 2. The zero-order valence-electron chi connectivity index (χ0n) is 18.0. The maximum Gasteiger partial charge on any atom is 0.282 e. The molecule has 3 aromatic rings. The van der Waals surface area contributed by atoms with Crippen molar-refractivity contribution in [3.8, 4) is 11.8 Å². The van der Waals surface area contributed by atoms with Gasteiger partial charge in [0.15, 0.2) is 0 Å². The third-order valence-electron chi connectivity index (χ3n) is 4.97. The molecule has 1 heterocycles. The van der Waals surface area contributed by atoms with Gasteiger partial charge in [-0.05, 0) is 80.1 Å². The molecule has 33 heavy (non-hydrogen) atoms. The Labute approximate surface area is 190 Å². The molecule has 0 spiro atoms. The second-order valence-corrected chi connectivity index (χ2v) is 7.68. The first-order valence-electron chi connectivity index (χ1n) is 10.3. The molecule has 0 saturated carbocycles. The predicted octanol–water partition coefficient (Wildman–Crippen LogP) is 4.88. The molecule has 1 aliphatic rings. The third kappa shape index (κ3) is 4.46. The number of imide groups is 1. The average Bonchev–Trinajstić information content (AvgIpc) is 3.05. The summed E-state index contributed by atoms with van der Waals surface area (Å²) in [6.45, 7) is 3.82. The van der Waals surface area contributed by atoms with Gasteiger partial charge in [-0.2, -0.15) is 5.26 Å². The lowest BCUT2D eigenvalue weighted by Crippen LogP contribution is -2.32. The predicted molar refractivity (Wildman–Crippen MR) is 123 cm³/mol. The molecule has 0 aromatic heterocycles. The summed E-state index contributed by atoms with van der Waals surface area (Å²) in [5.74, 6) is -0.829. The van der Waals surface area contributed by atoms with Gasteiger partial charge in [-0.1, -0.05) is 12.1 Å². The van der Waals surface area contributed by atoms with E-state index in [4.69, 9.17) is 10.00 Å². The van der Waals surface area contributed by atoms with Crippen molar-refractivity contribution in [3.63, 3.8) is 0 Å². The lowest BCUT2D eigenvalue weighted by molar-refractivity contribution is -0.120. The molecule has 1 N–H and O–H groups in total. The number of hydrogen-bond acceptors (Lipinski definition) is 5. The summed E-state index contributed by atoms with van der Waals surface area (Å²) in [7, 11) is 0. The van der Waals surface area contributed by atoms with E-state index in [2.05, 4.69) is 5.32 Å². The van der Waals surface area contributed by atoms with Crippen LogP contribution in [0.5, 0.6) is 5.75 Å². The largest absolute Gasteiger partial charge is 0.491 e. The van der Waals surface area contributed by atoms with Crippen molar-refractivity contribution in [2.24, 2.45) is 0 Å². The highest BCUT2D eigenvalue weighted by Crippen LogP contribution is 2.34. The number of rotatable bonds is 6. The Bertz CT molecular complexity index is 1270. The summed E-state index contributed by atoms with van der Waals surface area (Å²) in [6, 6.07) is 20.6. The Morgan fingerprint density at radius 2 is 1.55 bits per heavy atom. The number of carbonyl (C=O) groups excluding carboxylic acids is 2. The molecule has 0 aliphatic carbocycles. The molecule has 0 saturated heterocycles. The van der Waals surface area contributed by atoms with Gasteiger partial charge in [0.05, 0.1) is 29.0 Å². The minimum atomic E-state index is -0.550. The Morgan fingerprint density at radius 3 is 2.12 bits per heavy atom. The Hall–Kier alpha value is -4.44. The normalized spacial score (nSPS) is 13.5. The van der Waals surface area contributed by atoms with Crippen molar-refractivity contribution in [3.05, 3.63) is 95.4 Å². The van der Waals surface area contributed by atoms with Crippen LogP contribution in [0.2, 0.25) is 0 Å². The van der Waals surface area contributed by atoms with Crippen LogP contribution in [0, 0.1) is 17.1 Å². The first-order chi connectivity index (χ1) is 15.9. The Balaban J connectivity index is 1.76. The highest BCUT2D eigenvalue weighted by atomic mass is 19.1. The first-order valence-corrected chi connectivity index (χ1v) is 10.3. The maximum atomic E-state index is 13.4. The van der Waals surface area contributed by atoms with E-state index in [9.17, 15) is 14.0 Å². The molecule has 0 bridgehead atoms. The van der Waals surface area contributed by atoms with E-state index in [1.807, 2.05) is 19.9 Å². The summed E-state index contributed by atoms with van der Waals surface area (Å²) in [5.41, 5.74) is 2.02. The Morgan fingerprint density at radius 1 is 0.909 bits per heavy atom. The molecule has 7 heteroatoms. The van der Waals surface area contributed by atoms with Crippen LogP contribution in [0.3, 0.4) is 0 Å². The topological polar surface area (TPSA) is 82.4 Å². The number of carbonyl (C=O) groups is 2. The maximum absolute atomic E-state index is 13.4. The van der Waals surface area contributed by atoms with E-state index in [0.29, 0.717) is 28.3 Å². The molecule has 0 unspecified atom stereocenters. The molecular formula is C26H20FN3O3. The SMILES string of the molecule is CC(C)Oc1ccc(C2=C(Nc3ccc(F)cc3)C(=O)N(c3ccc(C#N)cc3)C2=O)cc1. The lowest BCUT2D eigenvalue weighted by Gasteiger charge is -2.15. The van der Waals surface area contributed by atoms with Crippen molar-refractivity contribution < 1.29 is 18.7 Å². The number of halogens is 1. The fourth-order valence-electron chi connectivity index (χ4n) is 3.48. The summed E-state index contributed by atoms with van der Waals surface area (Å²) < 4.78 is 19.0. The number of anilines is 2. The van der Waals surface area contributed by atoms with Gasteiger partial charge in [0.1, 0.15) is 17.3 Å². The summed E-state index contributed by atoms with van der Waals surface area (Å²) in [4.78, 5) is 27.9. The van der Waals surface area contributed by atoms with Crippen LogP contribution in [-0.2, 0) is 9.59 Å². The second kappa shape index (κ2) is 8.97. The molecule has 0 fully saturated rings. The quantitative estimate of drug-likeness (QED) is 0.551. The fraction of sp³-hybridized carbons (Fsp3) is 0.115. The van der Waals surface area contributed by atoms with Crippen LogP contribution in [0.15, 0.2) is 78.5 Å². The number of nitrogens with zero attached hydrogens (tertiary/aromatic N) is 2. The van der Waals surface area contributed by atoms with E-state index in [0.717, 1.165) is 4.90 Å². The molecule has 6 nitrogen and oxygen atoms in total. The molecule has 3 aromatic carbocycles. The highest BCUT2D eigenvalue weighted by Gasteiger charge is 2.40. The number of ether oxygens (including phenoxy) is 1. The minimum absolute atomic E-state index is 0.00710. The van der Waals surface area contributed by atoms with Gasteiger partial charge in [0.2, 0.25) is 0 Å². The van der Waals surface area contributed by atoms with Crippen LogP contribution in [0.25, 0.3) is 5.57 Å². The van der Waals surface area contributed by atoms with E-state index >= 15 is 0 Å². The van der Waals surface area contributed by atoms with Crippen LogP contribution < -0.4 is 15.0 Å². The Kier molecular flexibility index (Phi) is 5.92. The van der Waals surface area contributed by atoms with Crippen molar-refractivity contribution in [2.45, 2.75) is 20.0 Å². The summed E-state index contributed by atoms with van der Waals surface area (Å²) >= 11 is 0. The van der Waals surface area contributed by atoms with Crippen LogP contribution in [0.1, 0.15) is 25.0 Å². The van der Waals surface area contributed by atoms with Gasteiger partial charge in [-0.25, -0.2) is 9.29 Å². The van der Waals surface area contributed by atoms with Crippen molar-refractivity contribution in [2.75, 3.05) is 10.2 Å². The van der Waals surface area contributed by atoms with E-state index in [1.54, 1.807) is 48.5 Å². The molecule has 0 atom stereocenters. The van der Waals surface area contributed by atoms with Gasteiger partial charge < -0.3 is 10.1 Å². The van der Waals surface area contributed by atoms with Crippen molar-refractivity contribution in [1.82, 2.24) is 0 Å². The van der Waals surface area contributed by atoms with Gasteiger partial charge in [0.25, 0.3) is 11.8 Å². The molecule has 1 aliphatic heterocycles. The van der Waals surface area contributed by atoms with Gasteiger partial charge in [0, 0.05) is 5.69 Å². The number of benzene rings is 3. The van der Waals surface area contributed by atoms with E-state index in [1.165, 1.54) is 24.3 Å². The van der Waals surface area contributed by atoms with Crippen LogP contribution >= 0.6 is 0 Å². The fourth-order valence-corrected chi connectivity index (χ4v) is 3.48. The molecule has 0 radical (unpaired) electrons. The molecule has 164 valence electrons. The van der Waals surface area contributed by atoms with Crippen LogP contribution in [-0.4, -0.2) is 17.9 Å². The molecule has 4 rings (SSSR count). The van der Waals surface area contributed by atoms with Gasteiger partial charge in [-0.15, -0.1) is 0 Å². The van der Waals surface area contributed by atoms with Crippen molar-refractivity contribution >= 4 is 28.8 Å². The van der Waals surface area contributed by atoms with Gasteiger partial charge >= 0.3 is 0 Å². The average molecular weight is 441 g/mol. The minimum Gasteiger partial charge on any atom is -0.491 e. The smallest absolute Gasteiger partial charge is 0.282 e. The van der Waals surface area contributed by atoms with Crippen molar-refractivity contribution in [1.29, 1.82) is 5.26 Å². The zero-order valence-corrected chi connectivity index (χ0v) is 18.0. The van der Waals surface area contributed by atoms with Crippen LogP contribution in [0.4, 0.5) is 15.8 Å². The lowest BCUT2D eigenvalue weighted by atomic mass is 10.0. The van der Waals surface area contributed by atoms with E-state index < -0.39 is 17.6 Å². The standard InChI is InChI=1S/C26H20FN3O3/c1-16(2)33-22-13-5-18(6-14-22)23-24(29-20-9-7-19(27)8-10-20)26(32)30(25(23)31)21-11-3-17(15-28)4-12-21/h3-14,16,29H,1-2H3. The molecular weight excluding hydrogens is 421 g/mol. The number of nitrogens with one attached hydrogen (secondary N) is 1. The van der Waals surface area contributed by atoms with E-state index in [-0.39, 0.29) is 17.4 Å².